The van der Waals surface area contributed by atoms with Crippen LogP contribution in [0.3, 0.4) is 0 Å². The van der Waals surface area contributed by atoms with E-state index in [4.69, 9.17) is 14.5 Å². The molecule has 1 aliphatic rings. The van der Waals surface area contributed by atoms with Crippen LogP contribution in [0.2, 0.25) is 0 Å². The second-order valence-electron chi connectivity index (χ2n) is 2.12. The Morgan fingerprint density at radius 3 is 2.70 bits per heavy atom. The summed E-state index contributed by atoms with van der Waals surface area (Å²) in [6.07, 6.45) is 0.247. The fraction of sp³-hybridized carbons (Fsp3) is 1.00. The molecular formula is C4H9O4PS. The van der Waals surface area contributed by atoms with Gasteiger partial charge >= 0.3 is 7.60 Å². The Hall–Kier alpha value is 0.460. The highest BCUT2D eigenvalue weighted by Crippen LogP contribution is 2.39. The van der Waals surface area contributed by atoms with Gasteiger partial charge in [-0.05, 0) is 0 Å². The Labute approximate surface area is 63.1 Å². The van der Waals surface area contributed by atoms with E-state index in [1.54, 1.807) is 0 Å². The Morgan fingerprint density at radius 2 is 2.30 bits per heavy atom. The molecule has 0 aromatic rings. The monoisotopic (exact) mass is 184 g/mol. The van der Waals surface area contributed by atoms with Gasteiger partial charge in [0, 0.05) is 5.75 Å². The van der Waals surface area contributed by atoms with Gasteiger partial charge in [-0.25, -0.2) is 0 Å². The van der Waals surface area contributed by atoms with E-state index in [0.717, 1.165) is 6.61 Å². The average molecular weight is 184 g/mol. The molecule has 0 aromatic carbocycles. The largest absolute Gasteiger partial charge is 0.372 e. The summed E-state index contributed by atoms with van der Waals surface area (Å²) in [5.41, 5.74) is -0.0904. The van der Waals surface area contributed by atoms with E-state index in [0.29, 0.717) is 5.75 Å². The molecule has 1 fully saturated rings. The summed E-state index contributed by atoms with van der Waals surface area (Å²) in [5.74, 6) is 0.700. The summed E-state index contributed by atoms with van der Waals surface area (Å²) in [4.78, 5) is 16.8. The molecule has 1 heterocycles. The van der Waals surface area contributed by atoms with Crippen LogP contribution >= 0.6 is 19.4 Å². The van der Waals surface area contributed by atoms with Crippen LogP contribution in [0.25, 0.3) is 0 Å². The lowest BCUT2D eigenvalue weighted by Crippen LogP contribution is -1.91. The van der Waals surface area contributed by atoms with Gasteiger partial charge in [0.05, 0.1) is 18.2 Å². The van der Waals surface area contributed by atoms with Gasteiger partial charge in [0.1, 0.15) is 0 Å². The fourth-order valence-electron chi connectivity index (χ4n) is 0.467. The standard InChI is InChI=1S/C4H9O4PS/c5-9(6,7)3-10-2-4-1-8-4/h4H,1-3H2,(H2,5,6,7). The molecule has 0 saturated carbocycles. The number of hydrogen-bond donors (Lipinski definition) is 2. The van der Waals surface area contributed by atoms with Gasteiger partial charge in [0.2, 0.25) is 0 Å². The molecule has 0 aromatic heterocycles. The molecule has 1 aliphatic heterocycles. The highest BCUT2D eigenvalue weighted by Gasteiger charge is 2.23. The maximum atomic E-state index is 10.3. The fourth-order valence-corrected chi connectivity index (χ4v) is 2.30. The van der Waals surface area contributed by atoms with Crippen molar-refractivity contribution in [1.82, 2.24) is 0 Å². The van der Waals surface area contributed by atoms with E-state index in [2.05, 4.69) is 0 Å². The van der Waals surface area contributed by atoms with Crippen LogP contribution in [0, 0.1) is 0 Å². The molecule has 2 N–H and O–H groups in total. The predicted molar refractivity (Wildman–Crippen MR) is 39.1 cm³/mol. The molecule has 4 nitrogen and oxygen atoms in total. The molecule has 1 unspecified atom stereocenters. The zero-order chi connectivity index (χ0) is 7.61. The van der Waals surface area contributed by atoms with Gasteiger partial charge < -0.3 is 14.5 Å². The first-order valence-electron chi connectivity index (χ1n) is 2.82. The lowest BCUT2D eigenvalue weighted by molar-refractivity contribution is 0.379. The van der Waals surface area contributed by atoms with Gasteiger partial charge in [-0.15, -0.1) is 11.8 Å². The Bertz CT molecular complexity index is 151. The molecule has 0 amide bonds. The van der Waals surface area contributed by atoms with Crippen molar-refractivity contribution in [3.63, 3.8) is 0 Å². The van der Waals surface area contributed by atoms with E-state index in [1.165, 1.54) is 11.8 Å². The first-order valence-corrected chi connectivity index (χ1v) is 5.77. The van der Waals surface area contributed by atoms with E-state index in [1.807, 2.05) is 0 Å². The minimum atomic E-state index is -3.79. The van der Waals surface area contributed by atoms with E-state index >= 15 is 0 Å². The minimum absolute atomic E-state index is 0.0904. The summed E-state index contributed by atoms with van der Waals surface area (Å²) in [5, 5.41) is 0. The first kappa shape index (κ1) is 8.56. The number of rotatable bonds is 4. The number of thioether (sulfide) groups is 1. The topological polar surface area (TPSA) is 70.1 Å². The SMILES string of the molecule is O=P(O)(O)CSCC1CO1. The highest BCUT2D eigenvalue weighted by atomic mass is 32.2. The van der Waals surface area contributed by atoms with Crippen LogP contribution in [0.5, 0.6) is 0 Å². The zero-order valence-electron chi connectivity index (χ0n) is 5.27. The first-order chi connectivity index (χ1) is 4.58. The predicted octanol–water partition coefficient (Wildman–Crippen LogP) is 0.254. The van der Waals surface area contributed by atoms with E-state index in [-0.39, 0.29) is 11.6 Å². The van der Waals surface area contributed by atoms with Crippen molar-refractivity contribution < 1.29 is 19.1 Å². The summed E-state index contributed by atoms with van der Waals surface area (Å²) < 4.78 is 15.1. The summed E-state index contributed by atoms with van der Waals surface area (Å²) in [6.45, 7) is 0.744. The molecule has 0 radical (unpaired) electrons. The average Bonchev–Trinajstić information content (AvgIpc) is 2.45. The molecule has 60 valence electrons. The smallest absolute Gasteiger partial charge is 0.335 e. The molecule has 10 heavy (non-hydrogen) atoms. The Balaban J connectivity index is 1.99. The third-order valence-electron chi connectivity index (χ3n) is 0.966. The summed E-state index contributed by atoms with van der Waals surface area (Å²) >= 11 is 1.24. The van der Waals surface area contributed by atoms with Gasteiger partial charge in [-0.2, -0.15) is 0 Å². The van der Waals surface area contributed by atoms with Crippen molar-refractivity contribution >= 4 is 19.4 Å². The number of epoxide rings is 1. The molecule has 6 heteroatoms. The lowest BCUT2D eigenvalue weighted by Gasteiger charge is -2.00. The van der Waals surface area contributed by atoms with Gasteiger partial charge in [-0.1, -0.05) is 0 Å². The molecule has 1 saturated heterocycles. The van der Waals surface area contributed by atoms with Crippen LogP contribution in [-0.4, -0.2) is 33.7 Å². The quantitative estimate of drug-likeness (QED) is 0.484. The number of hydrogen-bond acceptors (Lipinski definition) is 3. The molecule has 1 rings (SSSR count). The molecule has 0 bridgehead atoms. The van der Waals surface area contributed by atoms with Crippen molar-refractivity contribution in [3.05, 3.63) is 0 Å². The van der Waals surface area contributed by atoms with Crippen molar-refractivity contribution in [2.45, 2.75) is 6.10 Å². The van der Waals surface area contributed by atoms with E-state index < -0.39 is 7.60 Å². The van der Waals surface area contributed by atoms with Crippen LogP contribution in [0.1, 0.15) is 0 Å². The van der Waals surface area contributed by atoms with Gasteiger partial charge in [0.15, 0.2) is 0 Å². The van der Waals surface area contributed by atoms with Crippen molar-refractivity contribution in [3.8, 4) is 0 Å². The summed E-state index contributed by atoms with van der Waals surface area (Å²) in [7, 11) is -3.79. The van der Waals surface area contributed by atoms with Crippen LogP contribution < -0.4 is 0 Å². The van der Waals surface area contributed by atoms with Crippen LogP contribution in [0.15, 0.2) is 0 Å². The van der Waals surface area contributed by atoms with Crippen LogP contribution in [0.4, 0.5) is 0 Å². The summed E-state index contributed by atoms with van der Waals surface area (Å²) in [6, 6.07) is 0. The molecular weight excluding hydrogens is 175 g/mol. The zero-order valence-corrected chi connectivity index (χ0v) is 6.98. The Morgan fingerprint density at radius 1 is 1.70 bits per heavy atom. The van der Waals surface area contributed by atoms with Gasteiger partial charge in [-0.3, -0.25) is 4.57 Å². The second-order valence-corrected chi connectivity index (χ2v) is 5.22. The van der Waals surface area contributed by atoms with Gasteiger partial charge in [0.25, 0.3) is 0 Å². The highest BCUT2D eigenvalue weighted by molar-refractivity contribution is 8.04. The Kier molecular flexibility index (Phi) is 2.77. The molecule has 1 atom stereocenters. The van der Waals surface area contributed by atoms with E-state index in [9.17, 15) is 4.57 Å². The third kappa shape index (κ3) is 4.30. The second kappa shape index (κ2) is 3.24. The lowest BCUT2D eigenvalue weighted by atomic mass is 10.6. The van der Waals surface area contributed by atoms with Crippen LogP contribution in [-0.2, 0) is 9.30 Å². The third-order valence-corrected chi connectivity index (χ3v) is 3.65. The maximum Gasteiger partial charge on any atom is 0.335 e. The number of ether oxygens (including phenoxy) is 1. The van der Waals surface area contributed by atoms with Crippen molar-refractivity contribution in [1.29, 1.82) is 0 Å². The maximum absolute atomic E-state index is 10.3. The molecule has 0 spiro atoms. The normalized spacial score (nSPS) is 24.8. The van der Waals surface area contributed by atoms with Crippen molar-refractivity contribution in [2.24, 2.45) is 0 Å². The van der Waals surface area contributed by atoms with Crippen molar-refractivity contribution in [2.75, 3.05) is 17.9 Å². The minimum Gasteiger partial charge on any atom is -0.372 e. The molecule has 0 aliphatic carbocycles.